The van der Waals surface area contributed by atoms with Gasteiger partial charge in [-0.25, -0.2) is 0 Å². The highest BCUT2D eigenvalue weighted by Crippen LogP contribution is 2.24. The van der Waals surface area contributed by atoms with Crippen molar-refractivity contribution in [2.45, 2.75) is 38.9 Å². The number of phenols is 1. The van der Waals surface area contributed by atoms with Crippen LogP contribution < -0.4 is 5.46 Å². The maximum Gasteiger partial charge on any atom is 0.331 e. The molecule has 0 bridgehead atoms. The normalized spacial score (nSPS) is 12.3. The topological polar surface area (TPSA) is 66.8 Å². The molecular formula is C13H18BO4. The number of carbonyl (C=O) groups is 1. The molecule has 0 aliphatic heterocycles. The molecule has 0 atom stereocenters. The highest BCUT2D eigenvalue weighted by atomic mass is 16.5. The Labute approximate surface area is 108 Å². The number of hydrogen-bond acceptors (Lipinski definition) is 4. The Hall–Kier alpha value is -1.33. The van der Waals surface area contributed by atoms with E-state index in [9.17, 15) is 15.0 Å². The molecule has 1 aromatic rings. The molecule has 2 N–H and O–H groups in total. The molecule has 4 nitrogen and oxygen atoms in total. The van der Waals surface area contributed by atoms with Crippen molar-refractivity contribution in [3.8, 4) is 5.75 Å². The van der Waals surface area contributed by atoms with E-state index in [1.807, 2.05) is 0 Å². The first kappa shape index (κ1) is 14.7. The molecule has 0 fully saturated rings. The molecule has 0 saturated carbocycles. The summed E-state index contributed by atoms with van der Waals surface area (Å²) in [6, 6.07) is 4.60. The van der Waals surface area contributed by atoms with Crippen LogP contribution in [0.2, 0.25) is 0 Å². The van der Waals surface area contributed by atoms with Crippen molar-refractivity contribution in [2.24, 2.45) is 0 Å². The van der Waals surface area contributed by atoms with E-state index in [0.29, 0.717) is 11.7 Å². The van der Waals surface area contributed by atoms with Gasteiger partial charge in [0.2, 0.25) is 0 Å². The Bertz CT molecular complexity index is 435. The molecule has 0 aliphatic carbocycles. The van der Waals surface area contributed by atoms with E-state index in [0.717, 1.165) is 0 Å². The van der Waals surface area contributed by atoms with Gasteiger partial charge in [0.25, 0.3) is 0 Å². The third-order valence-electron chi connectivity index (χ3n) is 3.14. The Morgan fingerprint density at radius 3 is 2.33 bits per heavy atom. The number of benzene rings is 1. The van der Waals surface area contributed by atoms with E-state index < -0.39 is 11.2 Å². The molecule has 0 spiro atoms. The first-order chi connectivity index (χ1) is 8.17. The molecule has 18 heavy (non-hydrogen) atoms. The monoisotopic (exact) mass is 249 g/mol. The molecule has 0 unspecified atom stereocenters. The minimum Gasteiger partial charge on any atom is -0.507 e. The lowest BCUT2D eigenvalue weighted by Crippen LogP contribution is -2.49. The van der Waals surface area contributed by atoms with E-state index in [2.05, 4.69) is 0 Å². The summed E-state index contributed by atoms with van der Waals surface area (Å²) in [5.74, 6) is -0.0941. The standard InChI is InChI=1S/C13H18BO4/c1-12(2,17)13(3,4)18-14-10-6-5-9(8-15)11(16)7-10/h5-8,16-17H,1-4H3. The van der Waals surface area contributed by atoms with Crippen LogP contribution in [0, 0.1) is 0 Å². The Balaban J connectivity index is 2.76. The molecule has 0 aliphatic rings. The van der Waals surface area contributed by atoms with Gasteiger partial charge in [0, 0.05) is 0 Å². The van der Waals surface area contributed by atoms with Crippen LogP contribution in [-0.4, -0.2) is 35.2 Å². The quantitative estimate of drug-likeness (QED) is 0.603. The maximum absolute atomic E-state index is 10.6. The summed E-state index contributed by atoms with van der Waals surface area (Å²) >= 11 is 0. The minimum absolute atomic E-state index is 0.0941. The van der Waals surface area contributed by atoms with Crippen molar-refractivity contribution in [1.82, 2.24) is 0 Å². The van der Waals surface area contributed by atoms with Crippen molar-refractivity contribution in [3.63, 3.8) is 0 Å². The van der Waals surface area contributed by atoms with Gasteiger partial charge >= 0.3 is 7.48 Å². The van der Waals surface area contributed by atoms with Gasteiger partial charge in [-0.15, -0.1) is 0 Å². The van der Waals surface area contributed by atoms with Crippen molar-refractivity contribution >= 4 is 19.2 Å². The number of rotatable bonds is 5. The van der Waals surface area contributed by atoms with Gasteiger partial charge in [0.1, 0.15) is 5.75 Å². The number of phenolic OH excluding ortho intramolecular Hbond substituents is 1. The summed E-state index contributed by atoms with van der Waals surface area (Å²) in [6.07, 6.45) is 0.584. The van der Waals surface area contributed by atoms with Gasteiger partial charge in [-0.1, -0.05) is 6.07 Å². The number of aromatic hydroxyl groups is 1. The average molecular weight is 249 g/mol. The lowest BCUT2D eigenvalue weighted by Gasteiger charge is -2.37. The predicted octanol–water partition coefficient (Wildman–Crippen LogP) is 1.02. The highest BCUT2D eigenvalue weighted by molar-refractivity contribution is 6.47. The van der Waals surface area contributed by atoms with Crippen LogP contribution in [0.4, 0.5) is 0 Å². The fraction of sp³-hybridized carbons (Fsp3) is 0.462. The van der Waals surface area contributed by atoms with Crippen molar-refractivity contribution in [2.75, 3.05) is 0 Å². The Morgan fingerprint density at radius 2 is 1.89 bits per heavy atom. The Morgan fingerprint density at radius 1 is 1.28 bits per heavy atom. The van der Waals surface area contributed by atoms with Gasteiger partial charge in [-0.2, -0.15) is 0 Å². The lowest BCUT2D eigenvalue weighted by atomic mass is 9.82. The smallest absolute Gasteiger partial charge is 0.331 e. The van der Waals surface area contributed by atoms with Crippen LogP contribution in [0.3, 0.4) is 0 Å². The summed E-state index contributed by atoms with van der Waals surface area (Å²) in [7, 11) is 1.45. The molecule has 0 saturated heterocycles. The van der Waals surface area contributed by atoms with Gasteiger partial charge in [-0.3, -0.25) is 4.79 Å². The third-order valence-corrected chi connectivity index (χ3v) is 3.14. The average Bonchev–Trinajstić information content (AvgIpc) is 2.25. The molecule has 5 heteroatoms. The largest absolute Gasteiger partial charge is 0.507 e. The van der Waals surface area contributed by atoms with Crippen molar-refractivity contribution < 1.29 is 19.7 Å². The zero-order chi connectivity index (χ0) is 14.0. The van der Waals surface area contributed by atoms with Crippen molar-refractivity contribution in [1.29, 1.82) is 0 Å². The number of aliphatic hydroxyl groups is 1. The van der Waals surface area contributed by atoms with Crippen LogP contribution in [0.1, 0.15) is 38.1 Å². The molecular weight excluding hydrogens is 231 g/mol. The van der Waals surface area contributed by atoms with Gasteiger partial charge in [-0.05, 0) is 45.3 Å². The van der Waals surface area contributed by atoms with Crippen LogP contribution in [-0.2, 0) is 4.65 Å². The zero-order valence-corrected chi connectivity index (χ0v) is 11.1. The van der Waals surface area contributed by atoms with Crippen LogP contribution in [0.5, 0.6) is 5.75 Å². The SMILES string of the molecule is CC(C)(O)C(C)(C)O[B]c1ccc(C=O)c(O)c1. The Kier molecular flexibility index (Phi) is 4.19. The molecule has 1 radical (unpaired) electrons. The molecule has 0 amide bonds. The van der Waals surface area contributed by atoms with Gasteiger partial charge < -0.3 is 14.9 Å². The summed E-state index contributed by atoms with van der Waals surface area (Å²) in [5.41, 5.74) is -0.926. The first-order valence-corrected chi connectivity index (χ1v) is 5.69. The zero-order valence-electron chi connectivity index (χ0n) is 11.1. The second kappa shape index (κ2) is 5.12. The lowest BCUT2D eigenvalue weighted by molar-refractivity contribution is -0.0893. The summed E-state index contributed by atoms with van der Waals surface area (Å²) in [4.78, 5) is 10.6. The maximum atomic E-state index is 10.6. The number of hydrogen-bond donors (Lipinski definition) is 2. The van der Waals surface area contributed by atoms with Crippen LogP contribution in [0.25, 0.3) is 0 Å². The summed E-state index contributed by atoms with van der Waals surface area (Å²) < 4.78 is 5.53. The van der Waals surface area contributed by atoms with Gasteiger partial charge in [0.05, 0.1) is 16.8 Å². The van der Waals surface area contributed by atoms with E-state index in [4.69, 9.17) is 4.65 Å². The summed E-state index contributed by atoms with van der Waals surface area (Å²) in [5, 5.41) is 19.4. The molecule has 97 valence electrons. The van der Waals surface area contributed by atoms with E-state index in [-0.39, 0.29) is 11.3 Å². The highest BCUT2D eigenvalue weighted by Gasteiger charge is 2.35. The van der Waals surface area contributed by atoms with Crippen LogP contribution >= 0.6 is 0 Å². The summed E-state index contributed by atoms with van der Waals surface area (Å²) in [6.45, 7) is 6.86. The third kappa shape index (κ3) is 3.34. The van der Waals surface area contributed by atoms with Crippen LogP contribution in [0.15, 0.2) is 18.2 Å². The van der Waals surface area contributed by atoms with E-state index >= 15 is 0 Å². The van der Waals surface area contributed by atoms with Gasteiger partial charge in [0.15, 0.2) is 6.29 Å². The fourth-order valence-corrected chi connectivity index (χ4v) is 1.09. The molecule has 0 heterocycles. The van der Waals surface area contributed by atoms with Crippen molar-refractivity contribution in [3.05, 3.63) is 23.8 Å². The number of aldehydes is 1. The fourth-order valence-electron chi connectivity index (χ4n) is 1.09. The van der Waals surface area contributed by atoms with E-state index in [1.54, 1.807) is 33.8 Å². The second-order valence-corrected chi connectivity index (χ2v) is 5.24. The van der Waals surface area contributed by atoms with E-state index in [1.165, 1.54) is 19.6 Å². The number of carbonyl (C=O) groups excluding carboxylic acids is 1. The predicted molar refractivity (Wildman–Crippen MR) is 70.3 cm³/mol. The molecule has 1 aromatic carbocycles. The molecule has 0 aromatic heterocycles. The molecule has 1 rings (SSSR count). The second-order valence-electron chi connectivity index (χ2n) is 5.24. The minimum atomic E-state index is -1.01. The first-order valence-electron chi connectivity index (χ1n) is 5.69.